The van der Waals surface area contributed by atoms with Gasteiger partial charge >= 0.3 is 0 Å². The molecule has 0 spiro atoms. The minimum atomic E-state index is 0.269. The second-order valence-corrected chi connectivity index (χ2v) is 7.50. The van der Waals surface area contributed by atoms with Gasteiger partial charge < -0.3 is 4.74 Å². The van der Waals surface area contributed by atoms with Crippen molar-refractivity contribution in [3.05, 3.63) is 82.0 Å². The van der Waals surface area contributed by atoms with Crippen LogP contribution in [-0.4, -0.2) is 0 Å². The predicted molar refractivity (Wildman–Crippen MR) is 107 cm³/mol. The highest BCUT2D eigenvalue weighted by Crippen LogP contribution is 2.45. The Balaban J connectivity index is 2.01. The first-order valence-corrected chi connectivity index (χ1v) is 9.13. The molecule has 1 heterocycles. The Morgan fingerprint density at radius 1 is 0.920 bits per heavy atom. The zero-order valence-corrected chi connectivity index (χ0v) is 16.0. The van der Waals surface area contributed by atoms with Crippen molar-refractivity contribution in [3.8, 4) is 11.5 Å². The fourth-order valence-electron chi connectivity index (χ4n) is 3.43. The summed E-state index contributed by atoms with van der Waals surface area (Å²) in [5.74, 6) is 2.24. The molecule has 1 aliphatic heterocycles. The molecule has 0 unspecified atom stereocenters. The van der Waals surface area contributed by atoms with Crippen molar-refractivity contribution >= 4 is 0 Å². The van der Waals surface area contributed by atoms with Gasteiger partial charge in [-0.1, -0.05) is 58.7 Å². The lowest BCUT2D eigenvalue weighted by molar-refractivity contribution is 0.453. The van der Waals surface area contributed by atoms with E-state index in [0.717, 1.165) is 24.3 Å². The molecule has 0 amide bonds. The smallest absolute Gasteiger partial charge is 0.131 e. The van der Waals surface area contributed by atoms with Gasteiger partial charge in [0.15, 0.2) is 0 Å². The highest BCUT2D eigenvalue weighted by atomic mass is 16.5. The zero-order valence-electron chi connectivity index (χ0n) is 16.0. The number of benzene rings is 2. The van der Waals surface area contributed by atoms with Gasteiger partial charge in [-0.05, 0) is 59.6 Å². The van der Waals surface area contributed by atoms with E-state index in [1.54, 1.807) is 0 Å². The zero-order chi connectivity index (χ0) is 18.0. The lowest BCUT2D eigenvalue weighted by Gasteiger charge is -2.27. The van der Waals surface area contributed by atoms with Crippen molar-refractivity contribution in [1.29, 1.82) is 0 Å². The molecule has 2 aromatic carbocycles. The molecule has 25 heavy (non-hydrogen) atoms. The standard InChI is InChI=1S/C24H28O/c1-16(2)7-6-8-17(3)13-20-21-14-18(4)9-11-23(21)25-24-12-10-19(5)15-22(20)24/h7,9-15,20H,6,8H2,1-5H3/b17-13+. The first kappa shape index (κ1) is 17.5. The van der Waals surface area contributed by atoms with Gasteiger partial charge in [0.2, 0.25) is 0 Å². The van der Waals surface area contributed by atoms with Crippen molar-refractivity contribution in [1.82, 2.24) is 0 Å². The number of fused-ring (bicyclic) bond motifs is 2. The van der Waals surface area contributed by atoms with Crippen LogP contribution in [0.5, 0.6) is 11.5 Å². The summed E-state index contributed by atoms with van der Waals surface area (Å²) in [6, 6.07) is 13.0. The molecule has 2 aromatic rings. The van der Waals surface area contributed by atoms with Gasteiger partial charge in [0.05, 0.1) is 0 Å². The second-order valence-electron chi connectivity index (χ2n) is 7.50. The molecular formula is C24H28O. The molecule has 0 N–H and O–H groups in total. The van der Waals surface area contributed by atoms with E-state index in [1.165, 1.54) is 33.4 Å². The summed E-state index contributed by atoms with van der Waals surface area (Å²) in [5.41, 5.74) is 7.93. The fraction of sp³-hybridized carbons (Fsp3) is 0.333. The average molecular weight is 332 g/mol. The van der Waals surface area contributed by atoms with Crippen LogP contribution in [0.4, 0.5) is 0 Å². The third kappa shape index (κ3) is 4.04. The molecule has 3 rings (SSSR count). The average Bonchev–Trinajstić information content (AvgIpc) is 2.55. The molecule has 1 nitrogen and oxygen atoms in total. The highest BCUT2D eigenvalue weighted by Gasteiger charge is 2.26. The quantitative estimate of drug-likeness (QED) is 0.536. The molecule has 1 aliphatic rings. The monoisotopic (exact) mass is 332 g/mol. The molecule has 1 heteroatoms. The molecule has 130 valence electrons. The van der Waals surface area contributed by atoms with Crippen LogP contribution in [0.2, 0.25) is 0 Å². The minimum absolute atomic E-state index is 0.269. The normalized spacial score (nSPS) is 13.7. The molecule has 0 radical (unpaired) electrons. The Morgan fingerprint density at radius 2 is 1.48 bits per heavy atom. The molecule has 0 atom stereocenters. The van der Waals surface area contributed by atoms with Gasteiger partial charge in [-0.25, -0.2) is 0 Å². The Bertz CT molecular complexity index is 784. The summed E-state index contributed by atoms with van der Waals surface area (Å²) >= 11 is 0. The van der Waals surface area contributed by atoms with Gasteiger partial charge in [0.25, 0.3) is 0 Å². The van der Waals surface area contributed by atoms with Crippen molar-refractivity contribution in [2.75, 3.05) is 0 Å². The van der Waals surface area contributed by atoms with Crippen molar-refractivity contribution in [2.45, 2.75) is 53.4 Å². The summed E-state index contributed by atoms with van der Waals surface area (Å²) in [5, 5.41) is 0. The molecule has 0 bridgehead atoms. The van der Waals surface area contributed by atoms with E-state index >= 15 is 0 Å². The minimum Gasteiger partial charge on any atom is -0.457 e. The SMILES string of the molecule is CC(C)=CCC/C(C)=C/C1c2cc(C)ccc2Oc2ccc(C)cc21. The first-order chi connectivity index (χ1) is 11.9. The Hall–Kier alpha value is -2.28. The van der Waals surface area contributed by atoms with Crippen molar-refractivity contribution < 1.29 is 4.74 Å². The van der Waals surface area contributed by atoms with Crippen molar-refractivity contribution in [2.24, 2.45) is 0 Å². The highest BCUT2D eigenvalue weighted by molar-refractivity contribution is 5.57. The van der Waals surface area contributed by atoms with Gasteiger partial charge in [-0.3, -0.25) is 0 Å². The maximum Gasteiger partial charge on any atom is 0.131 e. The Labute approximate surface area is 152 Å². The third-order valence-electron chi connectivity index (χ3n) is 4.76. The number of hydrogen-bond acceptors (Lipinski definition) is 1. The second kappa shape index (κ2) is 7.31. The molecule has 0 saturated carbocycles. The predicted octanol–water partition coefficient (Wildman–Crippen LogP) is 7.23. The van der Waals surface area contributed by atoms with E-state index in [-0.39, 0.29) is 5.92 Å². The van der Waals surface area contributed by atoms with Crippen LogP contribution >= 0.6 is 0 Å². The number of allylic oxidation sites excluding steroid dienone is 4. The number of aryl methyl sites for hydroxylation is 2. The van der Waals surface area contributed by atoms with Crippen LogP contribution < -0.4 is 4.74 Å². The van der Waals surface area contributed by atoms with Crippen LogP contribution in [0.1, 0.15) is 61.8 Å². The number of ether oxygens (including phenoxy) is 1. The number of hydrogen-bond donors (Lipinski definition) is 0. The fourth-order valence-corrected chi connectivity index (χ4v) is 3.43. The van der Waals surface area contributed by atoms with Crippen molar-refractivity contribution in [3.63, 3.8) is 0 Å². The van der Waals surface area contributed by atoms with E-state index in [2.05, 4.69) is 83.2 Å². The van der Waals surface area contributed by atoms with Crippen LogP contribution in [0.3, 0.4) is 0 Å². The third-order valence-corrected chi connectivity index (χ3v) is 4.76. The number of rotatable bonds is 4. The Morgan fingerprint density at radius 3 is 2.00 bits per heavy atom. The summed E-state index contributed by atoms with van der Waals surface area (Å²) in [6.45, 7) is 10.9. The lowest BCUT2D eigenvalue weighted by Crippen LogP contribution is -2.09. The largest absolute Gasteiger partial charge is 0.457 e. The summed E-state index contributed by atoms with van der Waals surface area (Å²) in [7, 11) is 0. The van der Waals surface area contributed by atoms with Crippen LogP contribution in [-0.2, 0) is 0 Å². The summed E-state index contributed by atoms with van der Waals surface area (Å²) in [4.78, 5) is 0. The van der Waals surface area contributed by atoms with Gasteiger partial charge in [0, 0.05) is 17.0 Å². The Kier molecular flexibility index (Phi) is 5.13. The first-order valence-electron chi connectivity index (χ1n) is 9.13. The molecule has 0 aromatic heterocycles. The van der Waals surface area contributed by atoms with E-state index in [1.807, 2.05) is 0 Å². The van der Waals surface area contributed by atoms with E-state index in [0.29, 0.717) is 0 Å². The summed E-state index contributed by atoms with van der Waals surface area (Å²) in [6.07, 6.45) is 6.95. The van der Waals surface area contributed by atoms with Gasteiger partial charge in [0.1, 0.15) is 11.5 Å². The lowest BCUT2D eigenvalue weighted by atomic mass is 9.85. The van der Waals surface area contributed by atoms with Crippen LogP contribution in [0.15, 0.2) is 59.7 Å². The van der Waals surface area contributed by atoms with E-state index in [9.17, 15) is 0 Å². The molecule has 0 aliphatic carbocycles. The topological polar surface area (TPSA) is 9.23 Å². The maximum absolute atomic E-state index is 6.17. The summed E-state index contributed by atoms with van der Waals surface area (Å²) < 4.78 is 6.17. The van der Waals surface area contributed by atoms with Crippen LogP contribution in [0.25, 0.3) is 0 Å². The van der Waals surface area contributed by atoms with Gasteiger partial charge in [-0.15, -0.1) is 0 Å². The van der Waals surface area contributed by atoms with Crippen LogP contribution in [0, 0.1) is 13.8 Å². The van der Waals surface area contributed by atoms with E-state index < -0.39 is 0 Å². The van der Waals surface area contributed by atoms with Gasteiger partial charge in [-0.2, -0.15) is 0 Å². The molecular weight excluding hydrogens is 304 g/mol. The molecule has 0 saturated heterocycles. The molecule has 0 fully saturated rings. The maximum atomic E-state index is 6.17. The van der Waals surface area contributed by atoms with E-state index in [4.69, 9.17) is 4.74 Å².